The topological polar surface area (TPSA) is 66.8 Å². The van der Waals surface area contributed by atoms with Crippen LogP contribution in [0.4, 0.5) is 13.2 Å². The Labute approximate surface area is 199 Å². The Kier molecular flexibility index (Phi) is 7.54. The third kappa shape index (κ3) is 5.24. The summed E-state index contributed by atoms with van der Waals surface area (Å²) in [5.41, 5.74) is -1.20. The van der Waals surface area contributed by atoms with E-state index in [1.165, 1.54) is 11.6 Å². The molecule has 0 saturated heterocycles. The first-order valence-corrected chi connectivity index (χ1v) is 11.4. The Balaban J connectivity index is 0.000000270. The zero-order chi connectivity index (χ0) is 26.3. The molecule has 0 radical (unpaired) electrons. The molecule has 1 aliphatic heterocycles. The van der Waals surface area contributed by atoms with Gasteiger partial charge >= 0.3 is 12.1 Å². The first-order valence-electron chi connectivity index (χ1n) is 11.4. The van der Waals surface area contributed by atoms with Gasteiger partial charge in [-0.2, -0.15) is 13.2 Å². The number of fused-ring (bicyclic) bond motifs is 1. The number of aryl methyl sites for hydroxylation is 2. The summed E-state index contributed by atoms with van der Waals surface area (Å²) in [5.74, 6) is -1.46. The molecule has 0 saturated carbocycles. The zero-order valence-corrected chi connectivity index (χ0v) is 21.1. The lowest BCUT2D eigenvalue weighted by atomic mass is 9.81. The monoisotopic (exact) mass is 480 g/mol. The number of benzene rings is 2. The van der Waals surface area contributed by atoms with E-state index in [1.807, 2.05) is 6.07 Å². The summed E-state index contributed by atoms with van der Waals surface area (Å²) < 4.78 is 44.4. The Morgan fingerprint density at radius 1 is 0.853 bits per heavy atom. The van der Waals surface area contributed by atoms with Gasteiger partial charge in [-0.15, -0.1) is 0 Å². The Morgan fingerprint density at radius 2 is 1.35 bits per heavy atom. The van der Waals surface area contributed by atoms with Crippen LogP contribution in [-0.2, 0) is 34.1 Å². The molecule has 7 heteroatoms. The molecule has 0 aromatic heterocycles. The van der Waals surface area contributed by atoms with Crippen molar-refractivity contribution in [2.24, 2.45) is 0 Å². The van der Waals surface area contributed by atoms with Gasteiger partial charge in [0.25, 0.3) is 5.60 Å². The van der Waals surface area contributed by atoms with Crippen LogP contribution in [0.5, 0.6) is 11.5 Å². The van der Waals surface area contributed by atoms with Crippen LogP contribution in [0.2, 0.25) is 0 Å². The van der Waals surface area contributed by atoms with Crippen LogP contribution in [0.1, 0.15) is 83.2 Å². The average molecular weight is 481 g/mol. The number of aliphatic hydroxyl groups is 1. The minimum Gasteiger partial charge on any atom is -0.508 e. The standard InChI is InChI=1S/C15H17F3O3.C12H18O/c1-5-8-6-9(13(2,3)4)11-10(7-8)14(20,12(19)21-11)15(16,17)18;1-5-9-6-7-11(13)10(8-9)12(2,3)4/h6-7,20H,5H2,1-4H3;6-8,13H,5H2,1-4H3. The lowest BCUT2D eigenvalue weighted by Gasteiger charge is -2.25. The number of aromatic hydroxyl groups is 1. The fraction of sp³-hybridized carbons (Fsp3) is 0.519. The van der Waals surface area contributed by atoms with Crippen LogP contribution in [0.25, 0.3) is 0 Å². The first-order chi connectivity index (χ1) is 15.4. The fourth-order valence-electron chi connectivity index (χ4n) is 3.78. The average Bonchev–Trinajstić information content (AvgIpc) is 2.97. The summed E-state index contributed by atoms with van der Waals surface area (Å²) in [6.45, 7) is 15.7. The highest BCUT2D eigenvalue weighted by molar-refractivity contribution is 5.90. The number of esters is 1. The number of hydrogen-bond donors (Lipinski definition) is 2. The molecule has 4 nitrogen and oxygen atoms in total. The summed E-state index contributed by atoms with van der Waals surface area (Å²) in [4.78, 5) is 11.7. The van der Waals surface area contributed by atoms with Crippen LogP contribution in [0.15, 0.2) is 30.3 Å². The number of carbonyl (C=O) groups is 1. The lowest BCUT2D eigenvalue weighted by molar-refractivity contribution is -0.258. The van der Waals surface area contributed by atoms with E-state index in [-0.39, 0.29) is 11.2 Å². The van der Waals surface area contributed by atoms with Gasteiger partial charge in [0, 0.05) is 11.1 Å². The highest BCUT2D eigenvalue weighted by atomic mass is 19.4. The van der Waals surface area contributed by atoms with Crippen LogP contribution >= 0.6 is 0 Å². The van der Waals surface area contributed by atoms with Crippen LogP contribution in [0.3, 0.4) is 0 Å². The van der Waals surface area contributed by atoms with Crippen molar-refractivity contribution < 1.29 is 32.9 Å². The van der Waals surface area contributed by atoms with E-state index in [2.05, 4.69) is 33.8 Å². The molecule has 0 bridgehead atoms. The fourth-order valence-corrected chi connectivity index (χ4v) is 3.78. The van der Waals surface area contributed by atoms with Gasteiger partial charge in [0.05, 0.1) is 0 Å². The predicted octanol–water partition coefficient (Wildman–Crippen LogP) is 6.47. The second kappa shape index (κ2) is 9.25. The minimum atomic E-state index is -5.13. The summed E-state index contributed by atoms with van der Waals surface area (Å²) in [5, 5.41) is 19.6. The molecule has 34 heavy (non-hydrogen) atoms. The molecule has 2 N–H and O–H groups in total. The number of rotatable bonds is 2. The maximum absolute atomic E-state index is 13.2. The van der Waals surface area contributed by atoms with Gasteiger partial charge in [-0.3, -0.25) is 0 Å². The Hall–Kier alpha value is -2.54. The highest BCUT2D eigenvalue weighted by Gasteiger charge is 2.67. The molecule has 1 heterocycles. The number of phenolic OH excluding ortho intramolecular Hbond substituents is 1. The molecule has 0 aliphatic carbocycles. The number of ether oxygens (including phenoxy) is 1. The van der Waals surface area contributed by atoms with Gasteiger partial charge in [0.15, 0.2) is 0 Å². The van der Waals surface area contributed by atoms with E-state index >= 15 is 0 Å². The maximum atomic E-state index is 13.2. The smallest absolute Gasteiger partial charge is 0.432 e. The van der Waals surface area contributed by atoms with Crippen molar-refractivity contribution in [1.82, 2.24) is 0 Å². The van der Waals surface area contributed by atoms with E-state index < -0.39 is 28.7 Å². The number of halogens is 3. The van der Waals surface area contributed by atoms with Gasteiger partial charge in [0.1, 0.15) is 11.5 Å². The van der Waals surface area contributed by atoms with Gasteiger partial charge in [-0.1, -0.05) is 73.6 Å². The van der Waals surface area contributed by atoms with Crippen molar-refractivity contribution in [2.45, 2.75) is 90.8 Å². The second-order valence-corrected chi connectivity index (χ2v) is 10.7. The van der Waals surface area contributed by atoms with E-state index in [1.54, 1.807) is 39.8 Å². The van der Waals surface area contributed by atoms with Gasteiger partial charge in [-0.25, -0.2) is 4.79 Å². The van der Waals surface area contributed by atoms with Crippen LogP contribution < -0.4 is 4.74 Å². The third-order valence-electron chi connectivity index (χ3n) is 5.93. The second-order valence-electron chi connectivity index (χ2n) is 10.7. The van der Waals surface area contributed by atoms with Crippen LogP contribution in [-0.4, -0.2) is 22.4 Å². The molecule has 2 aromatic rings. The zero-order valence-electron chi connectivity index (χ0n) is 21.1. The quantitative estimate of drug-likeness (QED) is 0.382. The van der Waals surface area contributed by atoms with Crippen molar-refractivity contribution in [3.63, 3.8) is 0 Å². The molecule has 0 amide bonds. The molecule has 0 spiro atoms. The van der Waals surface area contributed by atoms with Gasteiger partial charge < -0.3 is 14.9 Å². The van der Waals surface area contributed by atoms with E-state index in [0.717, 1.165) is 12.0 Å². The van der Waals surface area contributed by atoms with E-state index in [4.69, 9.17) is 4.74 Å². The lowest BCUT2D eigenvalue weighted by Crippen LogP contribution is -2.47. The van der Waals surface area contributed by atoms with Crippen LogP contribution in [0, 0.1) is 0 Å². The first kappa shape index (κ1) is 27.7. The predicted molar refractivity (Wildman–Crippen MR) is 126 cm³/mol. The minimum absolute atomic E-state index is 0.0231. The van der Waals surface area contributed by atoms with Crippen molar-refractivity contribution in [3.05, 3.63) is 58.1 Å². The molecule has 0 fully saturated rings. The normalized spacial score (nSPS) is 18.2. The van der Waals surface area contributed by atoms with Crippen molar-refractivity contribution in [3.8, 4) is 11.5 Å². The molecule has 2 aromatic carbocycles. The molecule has 188 valence electrons. The maximum Gasteiger partial charge on any atom is 0.432 e. The van der Waals surface area contributed by atoms with Gasteiger partial charge in [-0.05, 0) is 52.5 Å². The molecule has 3 rings (SSSR count). The third-order valence-corrected chi connectivity index (χ3v) is 5.93. The Morgan fingerprint density at radius 3 is 1.79 bits per heavy atom. The number of phenols is 1. The number of carbonyl (C=O) groups excluding carboxylic acids is 1. The van der Waals surface area contributed by atoms with Crippen molar-refractivity contribution in [2.75, 3.05) is 0 Å². The summed E-state index contributed by atoms with van der Waals surface area (Å²) >= 11 is 0. The molecule has 1 atom stereocenters. The summed E-state index contributed by atoms with van der Waals surface area (Å²) in [7, 11) is 0. The molecule has 1 aliphatic rings. The summed E-state index contributed by atoms with van der Waals surface area (Å²) in [6.07, 6.45) is -3.63. The van der Waals surface area contributed by atoms with Crippen molar-refractivity contribution >= 4 is 5.97 Å². The number of hydrogen-bond acceptors (Lipinski definition) is 4. The largest absolute Gasteiger partial charge is 0.508 e. The molecular formula is C27H35F3O4. The molecular weight excluding hydrogens is 445 g/mol. The molecule has 1 unspecified atom stereocenters. The number of alkyl halides is 3. The van der Waals surface area contributed by atoms with Crippen molar-refractivity contribution in [1.29, 1.82) is 0 Å². The highest BCUT2D eigenvalue weighted by Crippen LogP contribution is 2.51. The summed E-state index contributed by atoms with van der Waals surface area (Å²) in [6, 6.07) is 8.77. The Bertz CT molecular complexity index is 1060. The van der Waals surface area contributed by atoms with Gasteiger partial charge in [0.2, 0.25) is 0 Å². The van der Waals surface area contributed by atoms with E-state index in [9.17, 15) is 28.2 Å². The SMILES string of the molecule is CCc1cc(C(C)(C)C)c2c(c1)C(O)(C(F)(F)F)C(=O)O2.CCc1ccc(O)c(C(C)(C)C)c1. The van der Waals surface area contributed by atoms with E-state index in [0.29, 0.717) is 23.3 Å².